The Kier molecular flexibility index (Phi) is 16.9. The molecule has 0 N–H and O–H groups in total. The van der Waals surface area contributed by atoms with E-state index in [1.165, 1.54) is 43.8 Å². The first-order valence-electron chi connectivity index (χ1n) is 15.8. The first-order chi connectivity index (χ1) is 21.8. The van der Waals surface area contributed by atoms with E-state index < -0.39 is 18.9 Å². The molecule has 0 saturated heterocycles. The van der Waals surface area contributed by atoms with Gasteiger partial charge in [0.05, 0.1) is 0 Å². The van der Waals surface area contributed by atoms with E-state index in [4.69, 9.17) is 17.0 Å². The molecular formula is C43H50Cl2Zr-4. The van der Waals surface area contributed by atoms with Gasteiger partial charge in [-0.15, -0.1) is 64.0 Å². The van der Waals surface area contributed by atoms with Crippen LogP contribution < -0.4 is 0 Å². The molecular weight excluding hydrogens is 679 g/mol. The maximum atomic E-state index is 5.13. The van der Waals surface area contributed by atoms with Crippen LogP contribution in [0.1, 0.15) is 77.6 Å². The van der Waals surface area contributed by atoms with Crippen molar-refractivity contribution in [2.24, 2.45) is 0 Å². The molecule has 6 aromatic carbocycles. The summed E-state index contributed by atoms with van der Waals surface area (Å²) in [7, 11) is 10.3. The molecule has 244 valence electrons. The summed E-state index contributed by atoms with van der Waals surface area (Å²) in [6, 6.07) is 46.7. The largest absolute Gasteiger partial charge is 0.214 e. The van der Waals surface area contributed by atoms with Crippen LogP contribution in [0.2, 0.25) is 0 Å². The van der Waals surface area contributed by atoms with Crippen molar-refractivity contribution >= 4 is 42.8 Å². The third-order valence-electron chi connectivity index (χ3n) is 7.26. The van der Waals surface area contributed by atoms with Gasteiger partial charge in [-0.05, 0) is 10.8 Å². The standard InChI is InChI=1S/C21H25.2C8H9.C5H5.CH2.2ClH.Zr/c1-20(2,3)16-9-7-14-11-15-8-10-17(21(4,5)6)13-19(15)18(14)12-16;2*1-2-8-6-4-3-5-7-8;1-2-4-5-3-1;;;;/h7-13H,1-6H3;2*2-7H,1H3;1-5H;1H2;2*1H;/q4*-1;;;;+2/p-2. The summed E-state index contributed by atoms with van der Waals surface area (Å²) in [5, 5.41) is 5.49. The molecule has 0 aliphatic carbocycles. The molecule has 0 bridgehead atoms. The Morgan fingerprint density at radius 1 is 0.565 bits per heavy atom. The fourth-order valence-corrected chi connectivity index (χ4v) is 4.54. The van der Waals surface area contributed by atoms with Gasteiger partial charge < -0.3 is 0 Å². The summed E-state index contributed by atoms with van der Waals surface area (Å²) < 4.78 is 3.37. The molecule has 3 heteroatoms. The molecule has 6 rings (SSSR count). The van der Waals surface area contributed by atoms with Crippen LogP contribution in [0.3, 0.4) is 0 Å². The van der Waals surface area contributed by atoms with E-state index in [0.717, 1.165) is 0 Å². The van der Waals surface area contributed by atoms with Crippen molar-refractivity contribution in [3.63, 3.8) is 0 Å². The third kappa shape index (κ3) is 14.3. The first kappa shape index (κ1) is 39.4. The summed E-state index contributed by atoms with van der Waals surface area (Å²) in [6.45, 7) is 17.7. The molecule has 0 aromatic heterocycles. The van der Waals surface area contributed by atoms with E-state index in [2.05, 4.69) is 125 Å². The SMILES string of the molecule is CC(C)(C)c1ccc2[cH-]c3ccc(C(C)(C)C)cc3c2c1.C[CH-]c1ccccc1.C[CH-]c1ccccc1.[CH2]=[Zr]([Cl])[Cl].c1cc[cH-]c1. The van der Waals surface area contributed by atoms with Crippen LogP contribution in [-0.2, 0) is 29.7 Å². The predicted octanol–water partition coefficient (Wildman–Crippen LogP) is 13.6. The second-order valence-corrected chi connectivity index (χ2v) is 21.2. The van der Waals surface area contributed by atoms with Crippen LogP contribution in [-0.4, -0.2) is 4.21 Å². The minimum atomic E-state index is -1.85. The van der Waals surface area contributed by atoms with E-state index in [1.807, 2.05) is 80.6 Å². The van der Waals surface area contributed by atoms with Gasteiger partial charge in [-0.2, -0.15) is 66.4 Å². The molecule has 0 fully saturated rings. The maximum absolute atomic E-state index is 5.13. The zero-order chi connectivity index (χ0) is 34.2. The number of rotatable bonds is 2. The molecule has 0 unspecified atom stereocenters. The van der Waals surface area contributed by atoms with E-state index in [-0.39, 0.29) is 10.8 Å². The van der Waals surface area contributed by atoms with Crippen molar-refractivity contribution in [1.29, 1.82) is 0 Å². The molecule has 0 atom stereocenters. The average Bonchev–Trinajstić information content (AvgIpc) is 3.73. The Balaban J connectivity index is 0.000000240. The third-order valence-corrected chi connectivity index (χ3v) is 7.26. The summed E-state index contributed by atoms with van der Waals surface area (Å²) in [5.74, 6) is 0. The van der Waals surface area contributed by atoms with Crippen LogP contribution in [0.25, 0.3) is 21.5 Å². The molecule has 0 amide bonds. The average molecular weight is 729 g/mol. The van der Waals surface area contributed by atoms with Gasteiger partial charge in [0.2, 0.25) is 0 Å². The predicted molar refractivity (Wildman–Crippen MR) is 206 cm³/mol. The van der Waals surface area contributed by atoms with Crippen molar-refractivity contribution in [3.05, 3.63) is 169 Å². The van der Waals surface area contributed by atoms with Crippen LogP contribution in [0, 0.1) is 12.8 Å². The van der Waals surface area contributed by atoms with Crippen LogP contribution in [0.15, 0.2) is 133 Å². The molecule has 6 aromatic rings. The van der Waals surface area contributed by atoms with E-state index in [9.17, 15) is 0 Å². The van der Waals surface area contributed by atoms with E-state index in [1.54, 1.807) is 0 Å². The van der Waals surface area contributed by atoms with Gasteiger partial charge >= 0.3 is 40.1 Å². The smallest absolute Gasteiger partial charge is 0.172 e. The Labute approximate surface area is 294 Å². The van der Waals surface area contributed by atoms with Crippen LogP contribution in [0.4, 0.5) is 0 Å². The van der Waals surface area contributed by atoms with Crippen molar-refractivity contribution in [2.45, 2.75) is 66.2 Å². The van der Waals surface area contributed by atoms with Gasteiger partial charge in [0.15, 0.2) is 0 Å². The molecule has 46 heavy (non-hydrogen) atoms. The summed E-state index contributed by atoms with van der Waals surface area (Å²) in [4.78, 5) is 0. The van der Waals surface area contributed by atoms with Gasteiger partial charge in [-0.3, -0.25) is 0 Å². The summed E-state index contributed by atoms with van der Waals surface area (Å²) in [6.07, 6.45) is 4.17. The second-order valence-electron chi connectivity index (χ2n) is 12.9. The van der Waals surface area contributed by atoms with Gasteiger partial charge in [0.1, 0.15) is 0 Å². The van der Waals surface area contributed by atoms with Gasteiger partial charge in [0, 0.05) is 0 Å². The second kappa shape index (κ2) is 19.7. The topological polar surface area (TPSA) is 0 Å². The quantitative estimate of drug-likeness (QED) is 0.156. The van der Waals surface area contributed by atoms with Crippen molar-refractivity contribution in [2.75, 3.05) is 0 Å². The fraction of sp³-hybridized carbons (Fsp3) is 0.233. The monoisotopic (exact) mass is 726 g/mol. The molecule has 0 nitrogen and oxygen atoms in total. The van der Waals surface area contributed by atoms with Crippen molar-refractivity contribution in [3.8, 4) is 0 Å². The minimum Gasteiger partial charge on any atom is -0.214 e. The fourth-order valence-electron chi connectivity index (χ4n) is 4.54. The Hall–Kier alpha value is -2.83. The van der Waals surface area contributed by atoms with Gasteiger partial charge in [-0.25, -0.2) is 12.1 Å². The minimum absolute atomic E-state index is 0.194. The Morgan fingerprint density at radius 3 is 1.15 bits per heavy atom. The number of hydrogen-bond donors (Lipinski definition) is 0. The summed E-state index contributed by atoms with van der Waals surface area (Å²) >= 11 is -1.85. The number of benzene rings is 4. The van der Waals surface area contributed by atoms with Crippen molar-refractivity contribution in [1.82, 2.24) is 0 Å². The van der Waals surface area contributed by atoms with Crippen LogP contribution >= 0.6 is 17.0 Å². The maximum Gasteiger partial charge on any atom is -0.172 e. The molecule has 0 spiro atoms. The normalized spacial score (nSPS) is 10.5. The molecule has 0 heterocycles. The molecule has 0 radical (unpaired) electrons. The summed E-state index contributed by atoms with van der Waals surface area (Å²) in [5.41, 5.74) is 5.77. The first-order valence-corrected chi connectivity index (χ1v) is 23.8. The molecule has 0 saturated carbocycles. The zero-order valence-corrected chi connectivity index (χ0v) is 32.8. The number of hydrogen-bond acceptors (Lipinski definition) is 0. The van der Waals surface area contributed by atoms with Gasteiger partial charge in [-0.1, -0.05) is 103 Å². The van der Waals surface area contributed by atoms with Crippen LogP contribution in [0.5, 0.6) is 0 Å². The van der Waals surface area contributed by atoms with Crippen molar-refractivity contribution < 1.29 is 18.9 Å². The van der Waals surface area contributed by atoms with E-state index >= 15 is 0 Å². The van der Waals surface area contributed by atoms with Gasteiger partial charge in [0.25, 0.3) is 0 Å². The number of halogens is 2. The number of fused-ring (bicyclic) bond motifs is 3. The Morgan fingerprint density at radius 2 is 0.913 bits per heavy atom. The molecule has 0 aliphatic rings. The molecule has 0 aliphatic heterocycles. The Bertz CT molecular complexity index is 1550. The zero-order valence-electron chi connectivity index (χ0n) is 28.8. The van der Waals surface area contributed by atoms with E-state index in [0.29, 0.717) is 0 Å².